The molecular weight excluding hydrogens is 395 g/mol. The van der Waals surface area contributed by atoms with Crippen molar-refractivity contribution in [2.24, 2.45) is 11.7 Å². The summed E-state index contributed by atoms with van der Waals surface area (Å²) in [7, 11) is 0. The van der Waals surface area contributed by atoms with Crippen LogP contribution in [-0.4, -0.2) is 29.6 Å². The molecule has 0 aromatic heterocycles. The number of halogens is 3. The van der Waals surface area contributed by atoms with Gasteiger partial charge in [0.15, 0.2) is 0 Å². The smallest absolute Gasteiger partial charge is 0.408 e. The van der Waals surface area contributed by atoms with Gasteiger partial charge in [-0.05, 0) is 42.2 Å². The van der Waals surface area contributed by atoms with Crippen molar-refractivity contribution in [1.82, 2.24) is 4.90 Å². The Morgan fingerprint density at radius 2 is 1.67 bits per heavy atom. The third-order valence-electron chi connectivity index (χ3n) is 4.49. The number of nitrogens with zero attached hydrogens (tertiary/aromatic N) is 2. The summed E-state index contributed by atoms with van der Waals surface area (Å²) in [4.78, 5) is 12.8. The van der Waals surface area contributed by atoms with Gasteiger partial charge >= 0.3 is 6.18 Å². The van der Waals surface area contributed by atoms with Crippen molar-refractivity contribution < 1.29 is 22.7 Å². The zero-order valence-electron chi connectivity index (χ0n) is 16.8. The van der Waals surface area contributed by atoms with Gasteiger partial charge in [0.05, 0.1) is 18.7 Å². The van der Waals surface area contributed by atoms with Gasteiger partial charge in [-0.3, -0.25) is 9.69 Å². The Labute approximate surface area is 173 Å². The molecule has 0 aliphatic carbocycles. The quantitative estimate of drug-likeness (QED) is 0.592. The summed E-state index contributed by atoms with van der Waals surface area (Å²) < 4.78 is 47.8. The maximum Gasteiger partial charge on any atom is 0.408 e. The number of primary amides is 1. The lowest BCUT2D eigenvalue weighted by molar-refractivity contribution is -0.192. The zero-order valence-corrected chi connectivity index (χ0v) is 16.8. The van der Waals surface area contributed by atoms with Crippen molar-refractivity contribution >= 4 is 5.91 Å². The fourth-order valence-corrected chi connectivity index (χ4v) is 3.24. The molecule has 2 aromatic carbocycles. The van der Waals surface area contributed by atoms with Crippen molar-refractivity contribution in [2.45, 2.75) is 38.5 Å². The number of amides is 1. The number of para-hydroxylation sites is 1. The molecule has 1 amide bonds. The second-order valence-corrected chi connectivity index (χ2v) is 7.31. The van der Waals surface area contributed by atoms with E-state index < -0.39 is 30.7 Å². The van der Waals surface area contributed by atoms with E-state index in [9.17, 15) is 18.0 Å². The molecule has 0 saturated carbocycles. The van der Waals surface area contributed by atoms with Crippen LogP contribution >= 0.6 is 0 Å². The maximum atomic E-state index is 14.1. The van der Waals surface area contributed by atoms with E-state index in [4.69, 9.17) is 15.7 Å². The van der Waals surface area contributed by atoms with E-state index in [1.54, 1.807) is 44.2 Å². The molecule has 2 N–H and O–H groups in total. The number of hydrogen-bond acceptors (Lipinski definition) is 4. The van der Waals surface area contributed by atoms with Gasteiger partial charge in [-0.1, -0.05) is 44.2 Å². The van der Waals surface area contributed by atoms with Gasteiger partial charge in [0.1, 0.15) is 17.5 Å². The second-order valence-electron chi connectivity index (χ2n) is 7.31. The summed E-state index contributed by atoms with van der Waals surface area (Å²) in [6, 6.07) is 12.6. The van der Waals surface area contributed by atoms with Crippen molar-refractivity contribution in [3.63, 3.8) is 0 Å². The molecule has 0 bridgehead atoms. The Bertz CT molecular complexity index is 862. The highest BCUT2D eigenvalue weighted by Gasteiger charge is 2.47. The van der Waals surface area contributed by atoms with Crippen molar-refractivity contribution in [3.8, 4) is 17.6 Å². The van der Waals surface area contributed by atoms with Gasteiger partial charge < -0.3 is 10.5 Å². The summed E-state index contributed by atoms with van der Waals surface area (Å²) in [6.45, 7) is 2.96. The van der Waals surface area contributed by atoms with Crippen molar-refractivity contribution in [1.29, 1.82) is 5.26 Å². The largest absolute Gasteiger partial charge is 0.457 e. The molecule has 0 spiro atoms. The normalized spacial score (nSPS) is 13.7. The molecule has 2 rings (SSSR count). The van der Waals surface area contributed by atoms with E-state index in [0.29, 0.717) is 11.5 Å². The molecule has 30 heavy (non-hydrogen) atoms. The number of rotatable bonds is 9. The SMILES string of the molecule is CC(C)C[C@@H](C(N)=O)N(CC#N)[C@@H](c1ccc(Oc2ccccc2)cc1)C(F)(F)F. The number of nitriles is 1. The molecule has 2 atom stereocenters. The highest BCUT2D eigenvalue weighted by molar-refractivity contribution is 5.80. The molecule has 0 radical (unpaired) electrons. The number of carbonyl (C=O) groups excluding carboxylic acids is 1. The van der Waals surface area contributed by atoms with E-state index in [1.807, 2.05) is 6.07 Å². The number of hydrogen-bond donors (Lipinski definition) is 1. The van der Waals surface area contributed by atoms with Crippen LogP contribution in [0.25, 0.3) is 0 Å². The highest BCUT2D eigenvalue weighted by Crippen LogP contribution is 2.40. The molecule has 0 saturated heterocycles. The van der Waals surface area contributed by atoms with Gasteiger partial charge in [-0.15, -0.1) is 0 Å². The highest BCUT2D eigenvalue weighted by atomic mass is 19.4. The average molecular weight is 419 g/mol. The van der Waals surface area contributed by atoms with Crippen LogP contribution in [0.5, 0.6) is 11.5 Å². The van der Waals surface area contributed by atoms with E-state index in [-0.39, 0.29) is 17.9 Å². The molecule has 0 aliphatic rings. The van der Waals surface area contributed by atoms with Gasteiger partial charge in [0, 0.05) is 0 Å². The first-order valence-electron chi connectivity index (χ1n) is 9.45. The molecule has 5 nitrogen and oxygen atoms in total. The standard InChI is InChI=1S/C22H24F3N3O2/c1-15(2)14-19(21(27)29)28(13-12-26)20(22(23,24)25)16-8-10-18(11-9-16)30-17-6-4-3-5-7-17/h3-11,15,19-20H,13-14H2,1-2H3,(H2,27,29)/t19-,20-/m0/s1. The summed E-state index contributed by atoms with van der Waals surface area (Å²) >= 11 is 0. The minimum absolute atomic E-state index is 0.0841. The topological polar surface area (TPSA) is 79.4 Å². The molecule has 160 valence electrons. The van der Waals surface area contributed by atoms with Crippen LogP contribution < -0.4 is 10.5 Å². The Hall–Kier alpha value is -3.05. The first-order chi connectivity index (χ1) is 14.1. The van der Waals surface area contributed by atoms with Crippen LogP contribution in [-0.2, 0) is 4.79 Å². The summed E-state index contributed by atoms with van der Waals surface area (Å²) in [5.41, 5.74) is 5.30. The van der Waals surface area contributed by atoms with Crippen LogP contribution in [0, 0.1) is 17.2 Å². The molecule has 0 aliphatic heterocycles. The molecule has 2 aromatic rings. The summed E-state index contributed by atoms with van der Waals surface area (Å²) in [5, 5.41) is 9.14. The van der Waals surface area contributed by atoms with Gasteiger partial charge in [-0.2, -0.15) is 18.4 Å². The number of ether oxygens (including phenoxy) is 1. The predicted molar refractivity (Wildman–Crippen MR) is 107 cm³/mol. The van der Waals surface area contributed by atoms with Crippen LogP contribution in [0.15, 0.2) is 54.6 Å². The van der Waals surface area contributed by atoms with E-state index in [0.717, 1.165) is 4.90 Å². The van der Waals surface area contributed by atoms with Crippen LogP contribution in [0.3, 0.4) is 0 Å². The number of benzene rings is 2. The third-order valence-corrected chi connectivity index (χ3v) is 4.49. The monoisotopic (exact) mass is 419 g/mol. The minimum atomic E-state index is -4.72. The minimum Gasteiger partial charge on any atom is -0.457 e. The molecule has 0 fully saturated rings. The predicted octanol–water partition coefficient (Wildman–Crippen LogP) is 4.81. The number of carbonyl (C=O) groups is 1. The van der Waals surface area contributed by atoms with Crippen molar-refractivity contribution in [3.05, 3.63) is 60.2 Å². The fourth-order valence-electron chi connectivity index (χ4n) is 3.24. The summed E-state index contributed by atoms with van der Waals surface area (Å²) in [6.07, 6.45) is -4.61. The Balaban J connectivity index is 2.39. The number of alkyl halides is 3. The first-order valence-corrected chi connectivity index (χ1v) is 9.45. The van der Waals surface area contributed by atoms with E-state index in [2.05, 4.69) is 0 Å². The molecule has 0 unspecified atom stereocenters. The number of nitrogens with two attached hydrogens (primary N) is 1. The molecule has 0 heterocycles. The second kappa shape index (κ2) is 10.1. The average Bonchev–Trinajstić information content (AvgIpc) is 2.66. The Morgan fingerprint density at radius 3 is 2.13 bits per heavy atom. The summed E-state index contributed by atoms with van der Waals surface area (Å²) in [5.74, 6) is -0.0581. The van der Waals surface area contributed by atoms with Crippen LogP contribution in [0.4, 0.5) is 13.2 Å². The lowest BCUT2D eigenvalue weighted by atomic mass is 9.97. The first kappa shape index (κ1) is 23.2. The van der Waals surface area contributed by atoms with Crippen LogP contribution in [0.2, 0.25) is 0 Å². The van der Waals surface area contributed by atoms with Gasteiger partial charge in [-0.25, -0.2) is 0 Å². The Kier molecular flexibility index (Phi) is 7.84. The molecule has 8 heteroatoms. The van der Waals surface area contributed by atoms with E-state index in [1.165, 1.54) is 24.3 Å². The van der Waals surface area contributed by atoms with Crippen LogP contribution in [0.1, 0.15) is 31.9 Å². The zero-order chi connectivity index (χ0) is 22.3. The van der Waals surface area contributed by atoms with Gasteiger partial charge in [0.25, 0.3) is 0 Å². The third kappa shape index (κ3) is 6.22. The lowest BCUT2D eigenvalue weighted by Crippen LogP contribution is -2.51. The lowest BCUT2D eigenvalue weighted by Gasteiger charge is -2.37. The Morgan fingerprint density at radius 1 is 1.10 bits per heavy atom. The van der Waals surface area contributed by atoms with E-state index >= 15 is 0 Å². The van der Waals surface area contributed by atoms with Gasteiger partial charge in [0.2, 0.25) is 5.91 Å². The van der Waals surface area contributed by atoms with Crippen molar-refractivity contribution in [2.75, 3.05) is 6.54 Å². The maximum absolute atomic E-state index is 14.1. The molecular formula is C22H24F3N3O2. The fraction of sp³-hybridized carbons (Fsp3) is 0.364.